The lowest BCUT2D eigenvalue weighted by molar-refractivity contribution is -0.126. The summed E-state index contributed by atoms with van der Waals surface area (Å²) in [5.41, 5.74) is 0.208. The molecule has 9 nitrogen and oxygen atoms in total. The van der Waals surface area contributed by atoms with E-state index in [1.54, 1.807) is 29.9 Å². The molecule has 4 rings (SSSR count). The molecule has 3 aromatic rings. The van der Waals surface area contributed by atoms with Gasteiger partial charge in [0.1, 0.15) is 11.9 Å². The molecule has 0 radical (unpaired) electrons. The first-order valence-corrected chi connectivity index (χ1v) is 8.60. The van der Waals surface area contributed by atoms with Crippen molar-refractivity contribution in [3.05, 3.63) is 41.2 Å². The van der Waals surface area contributed by atoms with Gasteiger partial charge in [0.15, 0.2) is 0 Å². The molecule has 1 aliphatic rings. The Bertz CT molecular complexity index is 1000. The average Bonchev–Trinajstić information content (AvgIpc) is 3.21. The van der Waals surface area contributed by atoms with Crippen LogP contribution in [0.5, 0.6) is 0 Å². The van der Waals surface area contributed by atoms with E-state index < -0.39 is 5.54 Å². The van der Waals surface area contributed by atoms with Gasteiger partial charge in [-0.15, -0.1) is 5.10 Å². The van der Waals surface area contributed by atoms with Crippen molar-refractivity contribution in [1.82, 2.24) is 29.8 Å². The number of benzene rings is 1. The van der Waals surface area contributed by atoms with Crippen molar-refractivity contribution < 1.29 is 4.79 Å². The Morgan fingerprint density at radius 2 is 2.00 bits per heavy atom. The summed E-state index contributed by atoms with van der Waals surface area (Å²) in [7, 11) is 1.65. The van der Waals surface area contributed by atoms with Gasteiger partial charge in [-0.05, 0) is 41.5 Å². The first kappa shape index (κ1) is 16.4. The summed E-state index contributed by atoms with van der Waals surface area (Å²) in [4.78, 5) is 29.7. The summed E-state index contributed by atoms with van der Waals surface area (Å²) in [6.07, 6.45) is 7.31. The van der Waals surface area contributed by atoms with Crippen molar-refractivity contribution in [3.63, 3.8) is 0 Å². The molecule has 2 heterocycles. The van der Waals surface area contributed by atoms with Gasteiger partial charge in [0.25, 0.3) is 11.5 Å². The van der Waals surface area contributed by atoms with Crippen LogP contribution in [0, 0.1) is 0 Å². The predicted octanol–water partition coefficient (Wildman–Crippen LogP) is 1.22. The minimum absolute atomic E-state index is 0.154. The van der Waals surface area contributed by atoms with Crippen molar-refractivity contribution in [1.29, 1.82) is 0 Å². The van der Waals surface area contributed by atoms with Gasteiger partial charge >= 0.3 is 0 Å². The Hall–Kier alpha value is -3.10. The lowest BCUT2D eigenvalue weighted by Crippen LogP contribution is -2.47. The standard InChI is InChI=1S/C17H19N7O2/c1-23-10-18-14-6-5-12(9-13(14)15(23)25)20-16(26)17(7-3-2-4-8-17)24-11-19-21-22-24/h5-6,9-11H,2-4,7-8H2,1H3,(H,20,26). The van der Waals surface area contributed by atoms with E-state index in [4.69, 9.17) is 0 Å². The number of anilines is 1. The fourth-order valence-corrected chi connectivity index (χ4v) is 3.59. The quantitative estimate of drug-likeness (QED) is 0.758. The van der Waals surface area contributed by atoms with Gasteiger partial charge in [-0.1, -0.05) is 19.3 Å². The summed E-state index contributed by atoms with van der Waals surface area (Å²) in [6, 6.07) is 5.15. The van der Waals surface area contributed by atoms with Crippen molar-refractivity contribution in [3.8, 4) is 0 Å². The summed E-state index contributed by atoms with van der Waals surface area (Å²) >= 11 is 0. The molecule has 0 saturated heterocycles. The number of carbonyl (C=O) groups is 1. The molecule has 134 valence electrons. The van der Waals surface area contributed by atoms with Gasteiger partial charge in [-0.25, -0.2) is 9.67 Å². The number of rotatable bonds is 3. The second-order valence-corrected chi connectivity index (χ2v) is 6.69. The molecular formula is C17H19N7O2. The zero-order chi connectivity index (χ0) is 18.1. The van der Waals surface area contributed by atoms with Crippen LogP contribution < -0.4 is 10.9 Å². The number of nitrogens with one attached hydrogen (secondary N) is 1. The summed E-state index contributed by atoms with van der Waals surface area (Å²) in [6.45, 7) is 0. The third-order valence-electron chi connectivity index (χ3n) is 5.07. The van der Waals surface area contributed by atoms with E-state index in [-0.39, 0.29) is 11.5 Å². The van der Waals surface area contributed by atoms with E-state index in [0.717, 1.165) is 19.3 Å². The van der Waals surface area contributed by atoms with E-state index in [1.807, 2.05) is 0 Å². The molecule has 0 spiro atoms. The maximum atomic E-state index is 13.1. The van der Waals surface area contributed by atoms with Crippen LogP contribution in [0.3, 0.4) is 0 Å². The molecule has 0 aliphatic heterocycles. The van der Waals surface area contributed by atoms with Crippen LogP contribution in [0.4, 0.5) is 5.69 Å². The zero-order valence-electron chi connectivity index (χ0n) is 14.4. The molecule has 1 saturated carbocycles. The Balaban J connectivity index is 1.69. The number of hydrogen-bond donors (Lipinski definition) is 1. The third kappa shape index (κ3) is 2.65. The molecule has 1 N–H and O–H groups in total. The van der Waals surface area contributed by atoms with Crippen LogP contribution >= 0.6 is 0 Å². The Labute approximate surface area is 149 Å². The van der Waals surface area contributed by atoms with Gasteiger partial charge in [0.05, 0.1) is 17.2 Å². The largest absolute Gasteiger partial charge is 0.324 e. The highest BCUT2D eigenvalue weighted by atomic mass is 16.2. The number of tetrazole rings is 1. The molecule has 0 atom stereocenters. The van der Waals surface area contributed by atoms with Crippen LogP contribution in [0.2, 0.25) is 0 Å². The lowest BCUT2D eigenvalue weighted by Gasteiger charge is -2.35. The van der Waals surface area contributed by atoms with Gasteiger partial charge in [0, 0.05) is 12.7 Å². The van der Waals surface area contributed by atoms with E-state index in [9.17, 15) is 9.59 Å². The number of aryl methyl sites for hydroxylation is 1. The zero-order valence-corrected chi connectivity index (χ0v) is 14.4. The number of aromatic nitrogens is 6. The third-order valence-corrected chi connectivity index (χ3v) is 5.07. The van der Waals surface area contributed by atoms with E-state index in [2.05, 4.69) is 25.8 Å². The average molecular weight is 353 g/mol. The monoisotopic (exact) mass is 353 g/mol. The highest BCUT2D eigenvalue weighted by Crippen LogP contribution is 2.35. The van der Waals surface area contributed by atoms with Crippen LogP contribution in [0.25, 0.3) is 10.9 Å². The Kier molecular flexibility index (Phi) is 3.98. The molecule has 1 aliphatic carbocycles. The smallest absolute Gasteiger partial charge is 0.260 e. The topological polar surface area (TPSA) is 108 Å². The Morgan fingerprint density at radius 3 is 2.73 bits per heavy atom. The first-order chi connectivity index (χ1) is 12.6. The van der Waals surface area contributed by atoms with Gasteiger partial charge in [-0.3, -0.25) is 9.59 Å². The van der Waals surface area contributed by atoms with E-state index in [1.165, 1.54) is 17.2 Å². The number of carbonyl (C=O) groups excluding carboxylic acids is 1. The van der Waals surface area contributed by atoms with Crippen LogP contribution in [-0.2, 0) is 17.4 Å². The van der Waals surface area contributed by atoms with E-state index in [0.29, 0.717) is 29.4 Å². The molecule has 2 aromatic heterocycles. The first-order valence-electron chi connectivity index (χ1n) is 8.60. The number of hydrogen-bond acceptors (Lipinski definition) is 6. The minimum atomic E-state index is -0.795. The van der Waals surface area contributed by atoms with Crippen molar-refractivity contribution in [2.75, 3.05) is 5.32 Å². The molecule has 0 bridgehead atoms. The summed E-state index contributed by atoms with van der Waals surface area (Å²) < 4.78 is 2.97. The van der Waals surface area contributed by atoms with Crippen molar-refractivity contribution >= 4 is 22.5 Å². The summed E-state index contributed by atoms with van der Waals surface area (Å²) in [5, 5.41) is 14.8. The molecule has 0 unspecified atom stereocenters. The van der Waals surface area contributed by atoms with Crippen molar-refractivity contribution in [2.24, 2.45) is 7.05 Å². The number of amides is 1. The molecule has 9 heteroatoms. The van der Waals surface area contributed by atoms with Gasteiger partial charge in [-0.2, -0.15) is 0 Å². The highest BCUT2D eigenvalue weighted by molar-refractivity contribution is 5.98. The van der Waals surface area contributed by atoms with Gasteiger partial charge in [0.2, 0.25) is 0 Å². The van der Waals surface area contributed by atoms with Crippen LogP contribution in [-0.4, -0.2) is 35.7 Å². The maximum Gasteiger partial charge on any atom is 0.260 e. The molecule has 1 aromatic carbocycles. The van der Waals surface area contributed by atoms with Crippen molar-refractivity contribution in [2.45, 2.75) is 37.6 Å². The Morgan fingerprint density at radius 1 is 1.19 bits per heavy atom. The second-order valence-electron chi connectivity index (χ2n) is 6.69. The van der Waals surface area contributed by atoms with E-state index >= 15 is 0 Å². The number of fused-ring (bicyclic) bond motifs is 1. The lowest BCUT2D eigenvalue weighted by atomic mass is 9.81. The number of nitrogens with zero attached hydrogens (tertiary/aromatic N) is 6. The highest BCUT2D eigenvalue weighted by Gasteiger charge is 2.42. The summed E-state index contributed by atoms with van der Waals surface area (Å²) in [5.74, 6) is -0.162. The molecular weight excluding hydrogens is 334 g/mol. The van der Waals surface area contributed by atoms with Gasteiger partial charge < -0.3 is 9.88 Å². The predicted molar refractivity (Wildman–Crippen MR) is 94.5 cm³/mol. The minimum Gasteiger partial charge on any atom is -0.324 e. The molecule has 26 heavy (non-hydrogen) atoms. The van der Waals surface area contributed by atoms with Crippen LogP contribution in [0.1, 0.15) is 32.1 Å². The maximum absolute atomic E-state index is 13.1. The fraction of sp³-hybridized carbons (Fsp3) is 0.412. The van der Waals surface area contributed by atoms with Crippen LogP contribution in [0.15, 0.2) is 35.6 Å². The molecule has 1 amide bonds. The SMILES string of the molecule is Cn1cnc2ccc(NC(=O)C3(n4cnnn4)CCCCC3)cc2c1=O. The fourth-order valence-electron chi connectivity index (χ4n) is 3.59. The second kappa shape index (κ2) is 6.32. The normalized spacial score (nSPS) is 16.5. The molecule has 1 fully saturated rings.